The fourth-order valence-electron chi connectivity index (χ4n) is 3.47. The van der Waals surface area contributed by atoms with E-state index in [9.17, 15) is 14.4 Å². The number of benzene rings is 3. The highest BCUT2D eigenvalue weighted by molar-refractivity contribution is 5.91. The monoisotopic (exact) mass is 490 g/mol. The van der Waals surface area contributed by atoms with Crippen LogP contribution in [0.15, 0.2) is 72.8 Å². The summed E-state index contributed by atoms with van der Waals surface area (Å²) in [5.41, 5.74) is 2.72. The molecule has 0 saturated carbocycles. The number of rotatable bonds is 6. The van der Waals surface area contributed by atoms with Crippen LogP contribution in [0, 0.1) is 35.5 Å². The molecule has 0 aliphatic heterocycles. The summed E-state index contributed by atoms with van der Waals surface area (Å²) in [7, 11) is 0. The molecule has 37 heavy (non-hydrogen) atoms. The molecule has 0 atom stereocenters. The van der Waals surface area contributed by atoms with E-state index in [0.717, 1.165) is 16.7 Å². The molecular weight excluding hydrogens is 468 g/mol. The number of ether oxygens (including phenoxy) is 3. The summed E-state index contributed by atoms with van der Waals surface area (Å²) in [6, 6.07) is 21.2. The van der Waals surface area contributed by atoms with Crippen molar-refractivity contribution in [3.63, 3.8) is 0 Å². The Balaban J connectivity index is 1.94. The zero-order valence-electron chi connectivity index (χ0n) is 20.5. The van der Waals surface area contributed by atoms with Gasteiger partial charge in [0.15, 0.2) is 0 Å². The van der Waals surface area contributed by atoms with E-state index >= 15 is 0 Å². The van der Waals surface area contributed by atoms with Crippen molar-refractivity contribution in [1.29, 1.82) is 0 Å². The van der Waals surface area contributed by atoms with Gasteiger partial charge in [-0.1, -0.05) is 54.2 Å². The fourth-order valence-corrected chi connectivity index (χ4v) is 3.47. The summed E-state index contributed by atoms with van der Waals surface area (Å²) in [6.07, 6.45) is 0. The van der Waals surface area contributed by atoms with Gasteiger partial charge in [-0.25, -0.2) is 14.4 Å². The number of hydrogen-bond donors (Lipinski definition) is 0. The van der Waals surface area contributed by atoms with Gasteiger partial charge in [0.05, 0.1) is 0 Å². The topological polar surface area (TPSA) is 78.9 Å². The van der Waals surface area contributed by atoms with Crippen LogP contribution >= 0.6 is 0 Å². The second-order valence-corrected chi connectivity index (χ2v) is 7.43. The van der Waals surface area contributed by atoms with E-state index in [-0.39, 0.29) is 5.92 Å². The molecule has 3 aromatic carbocycles. The van der Waals surface area contributed by atoms with Crippen LogP contribution in [0.1, 0.15) is 43.4 Å². The van der Waals surface area contributed by atoms with Crippen molar-refractivity contribution < 1.29 is 28.6 Å². The van der Waals surface area contributed by atoms with Gasteiger partial charge in [0.25, 0.3) is 0 Å². The van der Waals surface area contributed by atoms with Crippen LogP contribution in [0.4, 0.5) is 0 Å². The molecule has 0 aromatic heterocycles. The van der Waals surface area contributed by atoms with Crippen molar-refractivity contribution in [3.8, 4) is 52.8 Å². The maximum absolute atomic E-state index is 11.7. The fraction of sp³-hybridized carbons (Fsp3) is 0.129. The van der Waals surface area contributed by atoms with Gasteiger partial charge in [-0.3, -0.25) is 0 Å². The van der Waals surface area contributed by atoms with Crippen molar-refractivity contribution in [2.75, 3.05) is 0 Å². The molecule has 0 heterocycles. The van der Waals surface area contributed by atoms with Gasteiger partial charge in [0.2, 0.25) is 0 Å². The zero-order chi connectivity index (χ0) is 26.6. The molecule has 0 aliphatic rings. The van der Waals surface area contributed by atoms with E-state index in [0.29, 0.717) is 17.2 Å². The first kappa shape index (κ1) is 26.4. The van der Waals surface area contributed by atoms with Crippen LogP contribution in [0.25, 0.3) is 0 Å². The van der Waals surface area contributed by atoms with Crippen LogP contribution in [-0.2, 0) is 14.4 Å². The predicted molar refractivity (Wildman–Crippen MR) is 138 cm³/mol. The molecule has 0 N–H and O–H groups in total. The molecule has 0 bridgehead atoms. The summed E-state index contributed by atoms with van der Waals surface area (Å²) in [4.78, 5) is 35.1. The minimum atomic E-state index is -0.636. The SMILES string of the molecule is CC#CC(=O)Oc1ccc(C(c2ccc(OC(=O)C#CC)cc2)c2ccc(OC(=O)C#CC)cc2)cc1. The van der Waals surface area contributed by atoms with Crippen LogP contribution in [0.3, 0.4) is 0 Å². The van der Waals surface area contributed by atoms with E-state index in [1.807, 2.05) is 36.4 Å². The Bertz CT molecular complexity index is 1280. The van der Waals surface area contributed by atoms with E-state index in [2.05, 4.69) is 35.5 Å². The first-order chi connectivity index (χ1) is 17.9. The van der Waals surface area contributed by atoms with E-state index in [1.54, 1.807) is 57.2 Å². The summed E-state index contributed by atoms with van der Waals surface area (Å²) in [5.74, 6) is 13.5. The van der Waals surface area contributed by atoms with Crippen LogP contribution in [-0.4, -0.2) is 17.9 Å². The molecule has 6 heteroatoms. The molecule has 6 nitrogen and oxygen atoms in total. The highest BCUT2D eigenvalue weighted by Crippen LogP contribution is 2.34. The lowest BCUT2D eigenvalue weighted by Crippen LogP contribution is -2.07. The average Bonchev–Trinajstić information content (AvgIpc) is 2.88. The summed E-state index contributed by atoms with van der Waals surface area (Å²) < 4.78 is 15.6. The first-order valence-corrected chi connectivity index (χ1v) is 11.2. The average molecular weight is 491 g/mol. The number of carbonyl (C=O) groups is 3. The minimum Gasteiger partial charge on any atom is -0.417 e. The van der Waals surface area contributed by atoms with E-state index in [1.165, 1.54) is 0 Å². The third-order valence-corrected chi connectivity index (χ3v) is 4.95. The molecule has 0 amide bonds. The molecule has 0 spiro atoms. The minimum absolute atomic E-state index is 0.236. The molecule has 0 unspecified atom stereocenters. The maximum Gasteiger partial charge on any atom is 0.389 e. The van der Waals surface area contributed by atoms with E-state index < -0.39 is 17.9 Å². The molecular formula is C31H22O6. The Hall–Kier alpha value is -5.25. The van der Waals surface area contributed by atoms with Gasteiger partial charge in [-0.15, -0.1) is 0 Å². The molecule has 0 aliphatic carbocycles. The summed E-state index contributed by atoms with van der Waals surface area (Å²) >= 11 is 0. The van der Waals surface area contributed by atoms with Gasteiger partial charge in [0.1, 0.15) is 17.2 Å². The summed E-state index contributed by atoms with van der Waals surface area (Å²) in [6.45, 7) is 4.67. The zero-order valence-corrected chi connectivity index (χ0v) is 20.5. The van der Waals surface area contributed by atoms with E-state index in [4.69, 9.17) is 14.2 Å². The quantitative estimate of drug-likeness (QED) is 0.165. The summed E-state index contributed by atoms with van der Waals surface area (Å²) in [5, 5.41) is 0. The van der Waals surface area contributed by atoms with Crippen LogP contribution < -0.4 is 14.2 Å². The molecule has 3 rings (SSSR count). The van der Waals surface area contributed by atoms with Gasteiger partial charge in [0, 0.05) is 23.7 Å². The molecule has 0 saturated heterocycles. The van der Waals surface area contributed by atoms with Crippen molar-refractivity contribution >= 4 is 17.9 Å². The molecule has 0 fully saturated rings. The normalized spacial score (nSPS) is 9.41. The Kier molecular flexibility index (Phi) is 9.26. The van der Waals surface area contributed by atoms with Gasteiger partial charge in [-0.05, 0) is 73.9 Å². The van der Waals surface area contributed by atoms with Crippen molar-refractivity contribution in [2.45, 2.75) is 26.7 Å². The Morgan fingerprint density at radius 3 is 0.946 bits per heavy atom. The Morgan fingerprint density at radius 1 is 0.486 bits per heavy atom. The van der Waals surface area contributed by atoms with Gasteiger partial charge >= 0.3 is 17.9 Å². The lowest BCUT2D eigenvalue weighted by Gasteiger charge is -2.20. The largest absolute Gasteiger partial charge is 0.417 e. The maximum atomic E-state index is 11.7. The number of carbonyl (C=O) groups excluding carboxylic acids is 3. The molecule has 182 valence electrons. The van der Waals surface area contributed by atoms with Crippen molar-refractivity contribution in [3.05, 3.63) is 89.5 Å². The van der Waals surface area contributed by atoms with Crippen molar-refractivity contribution in [1.82, 2.24) is 0 Å². The van der Waals surface area contributed by atoms with Crippen LogP contribution in [0.5, 0.6) is 17.2 Å². The predicted octanol–water partition coefficient (Wildman–Crippen LogP) is 4.65. The highest BCUT2D eigenvalue weighted by atomic mass is 16.5. The third-order valence-electron chi connectivity index (χ3n) is 4.95. The molecule has 3 aromatic rings. The lowest BCUT2D eigenvalue weighted by molar-refractivity contribution is -0.128. The lowest BCUT2D eigenvalue weighted by atomic mass is 9.85. The second-order valence-electron chi connectivity index (χ2n) is 7.43. The Morgan fingerprint density at radius 2 is 0.730 bits per heavy atom. The smallest absolute Gasteiger partial charge is 0.389 e. The third kappa shape index (κ3) is 7.62. The Labute approximate surface area is 215 Å². The number of hydrogen-bond acceptors (Lipinski definition) is 6. The van der Waals surface area contributed by atoms with Crippen molar-refractivity contribution in [2.24, 2.45) is 0 Å². The standard InChI is InChI=1S/C31H22O6/c1-4-7-28(32)35-25-16-10-22(11-17-25)31(23-12-18-26(19-13-23)36-29(33)8-5-2)24-14-20-27(21-15-24)37-30(34)9-6-3/h10-21,31H,1-3H3. The van der Waals surface area contributed by atoms with Crippen LogP contribution in [0.2, 0.25) is 0 Å². The second kappa shape index (κ2) is 13.0. The van der Waals surface area contributed by atoms with Gasteiger partial charge < -0.3 is 14.2 Å². The number of esters is 3. The van der Waals surface area contributed by atoms with Gasteiger partial charge in [-0.2, -0.15) is 0 Å². The highest BCUT2D eigenvalue weighted by Gasteiger charge is 2.18. The first-order valence-electron chi connectivity index (χ1n) is 11.2. The molecule has 0 radical (unpaired) electrons.